The molecule has 1 aliphatic rings. The van der Waals surface area contributed by atoms with E-state index in [1.807, 2.05) is 23.7 Å². The Kier molecular flexibility index (Phi) is 1.50. The van der Waals surface area contributed by atoms with Crippen LogP contribution in [0.3, 0.4) is 0 Å². The summed E-state index contributed by atoms with van der Waals surface area (Å²) in [6, 6.07) is 4.53. The van der Waals surface area contributed by atoms with Crippen molar-refractivity contribution in [3.8, 4) is 0 Å². The second-order valence-electron chi connectivity index (χ2n) is 3.76. The summed E-state index contributed by atoms with van der Waals surface area (Å²) in [5.41, 5.74) is 1.90. The van der Waals surface area contributed by atoms with Gasteiger partial charge in [-0.1, -0.05) is 0 Å². The van der Waals surface area contributed by atoms with Crippen molar-refractivity contribution >= 4 is 17.1 Å². The molecule has 2 aromatic heterocycles. The lowest BCUT2D eigenvalue weighted by molar-refractivity contribution is 0.913. The van der Waals surface area contributed by atoms with Gasteiger partial charge < -0.3 is 5.32 Å². The van der Waals surface area contributed by atoms with Crippen LogP contribution in [0.1, 0.15) is 12.8 Å². The van der Waals surface area contributed by atoms with E-state index in [-0.39, 0.29) is 0 Å². The number of nitrogens with zero attached hydrogens (tertiary/aromatic N) is 3. The number of fused-ring (bicyclic) bond motifs is 1. The summed E-state index contributed by atoms with van der Waals surface area (Å²) in [4.78, 5) is 8.77. The van der Waals surface area contributed by atoms with E-state index in [2.05, 4.69) is 15.3 Å². The SMILES string of the molecule is Cn1c(NC2CC2)nc2cccnc21. The van der Waals surface area contributed by atoms with Crippen molar-refractivity contribution in [2.45, 2.75) is 18.9 Å². The Morgan fingerprint density at radius 1 is 1.50 bits per heavy atom. The molecule has 1 saturated carbocycles. The first-order valence-corrected chi connectivity index (χ1v) is 4.88. The summed E-state index contributed by atoms with van der Waals surface area (Å²) < 4.78 is 2.01. The Labute approximate surface area is 82.0 Å². The van der Waals surface area contributed by atoms with E-state index in [9.17, 15) is 0 Å². The predicted molar refractivity (Wildman–Crippen MR) is 55.2 cm³/mol. The topological polar surface area (TPSA) is 42.7 Å². The standard InChI is InChI=1S/C10H12N4/c1-14-9-8(3-2-6-11-9)13-10(14)12-7-4-5-7/h2-3,6-7H,4-5H2,1H3,(H,12,13). The maximum Gasteiger partial charge on any atom is 0.205 e. The van der Waals surface area contributed by atoms with Crippen LogP contribution in [0.25, 0.3) is 11.2 Å². The molecule has 3 rings (SSSR count). The molecule has 0 atom stereocenters. The number of hydrogen-bond acceptors (Lipinski definition) is 3. The highest BCUT2D eigenvalue weighted by Gasteiger charge is 2.23. The molecule has 4 heteroatoms. The number of aromatic nitrogens is 3. The zero-order chi connectivity index (χ0) is 9.54. The van der Waals surface area contributed by atoms with E-state index >= 15 is 0 Å². The first-order valence-electron chi connectivity index (χ1n) is 4.88. The molecule has 0 saturated heterocycles. The Morgan fingerprint density at radius 3 is 3.07 bits per heavy atom. The van der Waals surface area contributed by atoms with Crippen LogP contribution < -0.4 is 5.32 Å². The van der Waals surface area contributed by atoms with Gasteiger partial charge in [-0.3, -0.25) is 4.57 Å². The summed E-state index contributed by atoms with van der Waals surface area (Å²) in [6.07, 6.45) is 4.32. The molecule has 14 heavy (non-hydrogen) atoms. The molecule has 0 bridgehead atoms. The van der Waals surface area contributed by atoms with Crippen LogP contribution in [0.15, 0.2) is 18.3 Å². The lowest BCUT2D eigenvalue weighted by Gasteiger charge is -2.02. The van der Waals surface area contributed by atoms with Gasteiger partial charge in [0.25, 0.3) is 0 Å². The second-order valence-corrected chi connectivity index (χ2v) is 3.76. The summed E-state index contributed by atoms with van der Waals surface area (Å²) in [5.74, 6) is 0.932. The minimum Gasteiger partial charge on any atom is -0.353 e. The lowest BCUT2D eigenvalue weighted by Crippen LogP contribution is -2.06. The van der Waals surface area contributed by atoms with Crippen molar-refractivity contribution in [2.24, 2.45) is 7.05 Å². The summed E-state index contributed by atoms with van der Waals surface area (Å²) in [6.45, 7) is 0. The Hall–Kier alpha value is -1.58. The fourth-order valence-electron chi connectivity index (χ4n) is 1.56. The van der Waals surface area contributed by atoms with Gasteiger partial charge in [0, 0.05) is 19.3 Å². The van der Waals surface area contributed by atoms with Gasteiger partial charge >= 0.3 is 0 Å². The molecule has 0 spiro atoms. The van der Waals surface area contributed by atoms with Crippen LogP contribution in [0.5, 0.6) is 0 Å². The minimum atomic E-state index is 0.630. The first-order chi connectivity index (χ1) is 6.84. The molecule has 1 aliphatic carbocycles. The molecular weight excluding hydrogens is 176 g/mol. The normalized spacial score (nSPS) is 16.1. The van der Waals surface area contributed by atoms with Crippen LogP contribution in [-0.2, 0) is 7.05 Å². The molecule has 1 fully saturated rings. The number of hydrogen-bond donors (Lipinski definition) is 1. The molecule has 0 amide bonds. The number of rotatable bonds is 2. The highest BCUT2D eigenvalue weighted by molar-refractivity contribution is 5.74. The zero-order valence-electron chi connectivity index (χ0n) is 8.07. The van der Waals surface area contributed by atoms with Gasteiger partial charge in [0.15, 0.2) is 5.65 Å². The maximum atomic E-state index is 4.48. The fourth-order valence-corrected chi connectivity index (χ4v) is 1.56. The van der Waals surface area contributed by atoms with E-state index in [1.165, 1.54) is 12.8 Å². The van der Waals surface area contributed by atoms with E-state index < -0.39 is 0 Å². The van der Waals surface area contributed by atoms with Gasteiger partial charge in [0.1, 0.15) is 5.52 Å². The number of aryl methyl sites for hydroxylation is 1. The zero-order valence-corrected chi connectivity index (χ0v) is 8.07. The summed E-state index contributed by atoms with van der Waals surface area (Å²) in [5, 5.41) is 3.39. The molecule has 72 valence electrons. The lowest BCUT2D eigenvalue weighted by atomic mass is 10.4. The third-order valence-corrected chi connectivity index (χ3v) is 2.54. The van der Waals surface area contributed by atoms with Gasteiger partial charge in [0.05, 0.1) is 0 Å². The first kappa shape index (κ1) is 7.79. The monoisotopic (exact) mass is 188 g/mol. The van der Waals surface area contributed by atoms with Crippen LogP contribution in [-0.4, -0.2) is 20.6 Å². The van der Waals surface area contributed by atoms with E-state index in [1.54, 1.807) is 6.20 Å². The molecule has 1 N–H and O–H groups in total. The molecule has 0 unspecified atom stereocenters. The van der Waals surface area contributed by atoms with E-state index in [4.69, 9.17) is 0 Å². The number of nitrogens with one attached hydrogen (secondary N) is 1. The van der Waals surface area contributed by atoms with Crippen LogP contribution >= 0.6 is 0 Å². The van der Waals surface area contributed by atoms with Crippen LogP contribution in [0, 0.1) is 0 Å². The molecule has 2 heterocycles. The third kappa shape index (κ3) is 1.14. The van der Waals surface area contributed by atoms with Crippen molar-refractivity contribution < 1.29 is 0 Å². The third-order valence-electron chi connectivity index (χ3n) is 2.54. The van der Waals surface area contributed by atoms with Crippen molar-refractivity contribution in [3.63, 3.8) is 0 Å². The molecule has 2 aromatic rings. The van der Waals surface area contributed by atoms with Crippen LogP contribution in [0.4, 0.5) is 5.95 Å². The van der Waals surface area contributed by atoms with Crippen molar-refractivity contribution in [3.05, 3.63) is 18.3 Å². The highest BCUT2D eigenvalue weighted by Crippen LogP contribution is 2.25. The van der Waals surface area contributed by atoms with E-state index in [0.29, 0.717) is 6.04 Å². The molecular formula is C10H12N4. The van der Waals surface area contributed by atoms with Crippen molar-refractivity contribution in [1.82, 2.24) is 14.5 Å². The quantitative estimate of drug-likeness (QED) is 0.777. The van der Waals surface area contributed by atoms with Gasteiger partial charge in [-0.2, -0.15) is 0 Å². The van der Waals surface area contributed by atoms with Gasteiger partial charge in [-0.15, -0.1) is 0 Å². The maximum absolute atomic E-state index is 4.48. The summed E-state index contributed by atoms with van der Waals surface area (Å²) in [7, 11) is 1.99. The van der Waals surface area contributed by atoms with Gasteiger partial charge in [0.2, 0.25) is 5.95 Å². The molecule has 4 nitrogen and oxygen atoms in total. The second kappa shape index (κ2) is 2.70. The summed E-state index contributed by atoms with van der Waals surface area (Å²) >= 11 is 0. The Bertz CT molecular complexity index is 470. The average Bonchev–Trinajstić information content (AvgIpc) is 2.95. The Balaban J connectivity index is 2.09. The predicted octanol–water partition coefficient (Wildman–Crippen LogP) is 1.54. The minimum absolute atomic E-state index is 0.630. The van der Waals surface area contributed by atoms with Crippen LogP contribution in [0.2, 0.25) is 0 Å². The molecule has 0 aliphatic heterocycles. The van der Waals surface area contributed by atoms with Crippen molar-refractivity contribution in [1.29, 1.82) is 0 Å². The van der Waals surface area contributed by atoms with Gasteiger partial charge in [-0.05, 0) is 25.0 Å². The fraction of sp³-hybridized carbons (Fsp3) is 0.400. The average molecular weight is 188 g/mol. The molecule has 0 radical (unpaired) electrons. The number of pyridine rings is 1. The Morgan fingerprint density at radius 2 is 2.36 bits per heavy atom. The smallest absolute Gasteiger partial charge is 0.205 e. The van der Waals surface area contributed by atoms with E-state index in [0.717, 1.165) is 17.1 Å². The largest absolute Gasteiger partial charge is 0.353 e. The number of anilines is 1. The van der Waals surface area contributed by atoms with Gasteiger partial charge in [-0.25, -0.2) is 9.97 Å². The highest BCUT2D eigenvalue weighted by atomic mass is 15.2. The number of imidazole rings is 1. The molecule has 0 aromatic carbocycles. The van der Waals surface area contributed by atoms with Crippen molar-refractivity contribution in [2.75, 3.05) is 5.32 Å².